The smallest absolute Gasteiger partial charge is 0.293 e. The molecule has 2 aromatic carbocycles. The molecule has 0 aromatic heterocycles. The Bertz CT molecular complexity index is 963. The van der Waals surface area contributed by atoms with Crippen molar-refractivity contribution < 1.29 is 19.4 Å². The van der Waals surface area contributed by atoms with Crippen LogP contribution in [0.25, 0.3) is 6.08 Å². The van der Waals surface area contributed by atoms with Crippen molar-refractivity contribution in [2.24, 2.45) is 0 Å². The number of halogens is 3. The predicted molar refractivity (Wildman–Crippen MR) is 121 cm³/mol. The van der Waals surface area contributed by atoms with Gasteiger partial charge in [-0.3, -0.25) is 14.5 Å². The summed E-state index contributed by atoms with van der Waals surface area (Å²) < 4.78 is 7.44. The molecule has 2 amide bonds. The third-order valence-electron chi connectivity index (χ3n) is 3.82. The lowest BCUT2D eigenvalue weighted by Crippen LogP contribution is -2.27. The maximum atomic E-state index is 12.7. The van der Waals surface area contributed by atoms with Gasteiger partial charge in [0.1, 0.15) is 0 Å². The fourth-order valence-corrected chi connectivity index (χ4v) is 4.46. The first-order chi connectivity index (χ1) is 12.8. The number of carbonyl (C=O) groups is 2. The summed E-state index contributed by atoms with van der Waals surface area (Å²) in [6.45, 7) is 0.202. The summed E-state index contributed by atoms with van der Waals surface area (Å²) in [5, 5.41) is 10.0. The summed E-state index contributed by atoms with van der Waals surface area (Å²) in [4.78, 5) is 26.5. The van der Waals surface area contributed by atoms with Crippen LogP contribution in [0.5, 0.6) is 11.5 Å². The Kier molecular flexibility index (Phi) is 6.54. The molecule has 1 heterocycles. The molecule has 5 nitrogen and oxygen atoms in total. The molecule has 1 N–H and O–H groups in total. The van der Waals surface area contributed by atoms with E-state index in [0.29, 0.717) is 14.5 Å². The highest BCUT2D eigenvalue weighted by Gasteiger charge is 2.35. The molecule has 1 fully saturated rings. The first-order valence-corrected chi connectivity index (χ1v) is 11.0. The number of phenols is 1. The van der Waals surface area contributed by atoms with Gasteiger partial charge in [0, 0.05) is 18.1 Å². The van der Waals surface area contributed by atoms with Crippen LogP contribution < -0.4 is 4.74 Å². The fourth-order valence-electron chi connectivity index (χ4n) is 2.44. The van der Waals surface area contributed by atoms with Crippen LogP contribution >= 0.6 is 66.2 Å². The van der Waals surface area contributed by atoms with E-state index in [4.69, 9.17) is 4.74 Å². The van der Waals surface area contributed by atoms with Gasteiger partial charge in [0.15, 0.2) is 11.5 Å². The number of phenolic OH excluding ortho intramolecular Hbond substituents is 1. The molecular weight excluding hydrogens is 613 g/mol. The van der Waals surface area contributed by atoms with Crippen LogP contribution in [-0.4, -0.2) is 28.3 Å². The monoisotopic (exact) mass is 623 g/mol. The van der Waals surface area contributed by atoms with E-state index in [2.05, 4.69) is 54.5 Å². The molecule has 0 saturated carbocycles. The number of ether oxygens (including phenoxy) is 1. The van der Waals surface area contributed by atoms with Crippen molar-refractivity contribution in [2.75, 3.05) is 7.11 Å². The van der Waals surface area contributed by atoms with Gasteiger partial charge in [0.05, 0.1) is 18.6 Å². The third kappa shape index (κ3) is 4.36. The second-order valence-corrected chi connectivity index (χ2v) is 9.42. The maximum Gasteiger partial charge on any atom is 0.293 e. The highest BCUT2D eigenvalue weighted by Crippen LogP contribution is 2.43. The number of amides is 2. The summed E-state index contributed by atoms with van der Waals surface area (Å²) in [6.07, 6.45) is 1.49. The molecule has 2 aromatic rings. The molecule has 27 heavy (non-hydrogen) atoms. The second-order valence-electron chi connectivity index (χ2n) is 5.53. The summed E-state index contributed by atoms with van der Waals surface area (Å²) in [5.41, 5.74) is 1.23. The van der Waals surface area contributed by atoms with Gasteiger partial charge in [0.2, 0.25) is 0 Å². The van der Waals surface area contributed by atoms with Crippen LogP contribution in [0, 0.1) is 3.57 Å². The topological polar surface area (TPSA) is 66.8 Å². The van der Waals surface area contributed by atoms with Crippen LogP contribution in [0.15, 0.2) is 44.2 Å². The van der Waals surface area contributed by atoms with E-state index >= 15 is 0 Å². The van der Waals surface area contributed by atoms with E-state index in [1.165, 1.54) is 18.1 Å². The van der Waals surface area contributed by atoms with Crippen LogP contribution in [0.4, 0.5) is 4.79 Å². The first kappa shape index (κ1) is 20.7. The minimum absolute atomic E-state index is 0.114. The minimum atomic E-state index is -0.395. The van der Waals surface area contributed by atoms with Crippen molar-refractivity contribution in [2.45, 2.75) is 6.54 Å². The van der Waals surface area contributed by atoms with Crippen molar-refractivity contribution in [1.82, 2.24) is 4.90 Å². The molecule has 0 spiro atoms. The summed E-state index contributed by atoms with van der Waals surface area (Å²) >= 11 is 9.80. The van der Waals surface area contributed by atoms with Crippen LogP contribution in [0.1, 0.15) is 11.1 Å². The maximum absolute atomic E-state index is 12.7. The van der Waals surface area contributed by atoms with Gasteiger partial charge in [-0.25, -0.2) is 0 Å². The zero-order valence-corrected chi connectivity index (χ0v) is 20.0. The Labute approximate surface area is 190 Å². The second kappa shape index (κ2) is 8.54. The van der Waals surface area contributed by atoms with Crippen molar-refractivity contribution in [1.29, 1.82) is 0 Å². The Morgan fingerprint density at radius 2 is 1.93 bits per heavy atom. The number of imide groups is 1. The van der Waals surface area contributed by atoms with Crippen LogP contribution in [0.2, 0.25) is 0 Å². The molecule has 0 unspecified atom stereocenters. The zero-order valence-electron chi connectivity index (χ0n) is 13.8. The van der Waals surface area contributed by atoms with Crippen LogP contribution in [-0.2, 0) is 11.3 Å². The normalized spacial score (nSPS) is 15.7. The highest BCUT2D eigenvalue weighted by molar-refractivity contribution is 14.1. The number of hydrogen-bond acceptors (Lipinski definition) is 5. The van der Waals surface area contributed by atoms with Gasteiger partial charge in [-0.05, 0) is 96.1 Å². The Morgan fingerprint density at radius 3 is 2.56 bits per heavy atom. The molecule has 0 radical (unpaired) electrons. The van der Waals surface area contributed by atoms with Crippen molar-refractivity contribution in [3.05, 3.63) is 58.9 Å². The van der Waals surface area contributed by atoms with E-state index in [0.717, 1.165) is 20.9 Å². The number of hydrogen-bond donors (Lipinski definition) is 1. The Balaban J connectivity index is 1.93. The molecule has 1 aliphatic rings. The zero-order chi connectivity index (χ0) is 19.7. The molecule has 1 aliphatic heterocycles. The molecule has 9 heteroatoms. The molecule has 0 bridgehead atoms. The highest BCUT2D eigenvalue weighted by atomic mass is 127. The van der Waals surface area contributed by atoms with E-state index in [-0.39, 0.29) is 28.2 Å². The predicted octanol–water partition coefficient (Wildman–Crippen LogP) is 5.77. The molecular formula is C18H12Br2INO4S. The lowest BCUT2D eigenvalue weighted by atomic mass is 10.1. The van der Waals surface area contributed by atoms with E-state index in [1.54, 1.807) is 6.07 Å². The standard InChI is InChI=1S/C18H12Br2INO4S/c1-26-13-7-12(19)15(20)11(16(13)23)6-14-17(24)22(18(25)27-14)8-9-2-4-10(21)5-3-9/h2-7,23H,8H2,1H3/b14-6-. The van der Waals surface area contributed by atoms with Gasteiger partial charge < -0.3 is 9.84 Å². The number of thioether (sulfide) groups is 1. The average Bonchev–Trinajstić information content (AvgIpc) is 2.91. The Hall–Kier alpha value is -1.04. The van der Waals surface area contributed by atoms with E-state index < -0.39 is 5.91 Å². The summed E-state index contributed by atoms with van der Waals surface area (Å²) in [7, 11) is 1.44. The number of nitrogens with zero attached hydrogens (tertiary/aromatic N) is 1. The average molecular weight is 625 g/mol. The minimum Gasteiger partial charge on any atom is -0.504 e. The Morgan fingerprint density at radius 1 is 1.26 bits per heavy atom. The molecule has 3 rings (SSSR count). The van der Waals surface area contributed by atoms with Crippen LogP contribution in [0.3, 0.4) is 0 Å². The van der Waals surface area contributed by atoms with Gasteiger partial charge >= 0.3 is 0 Å². The first-order valence-electron chi connectivity index (χ1n) is 7.56. The van der Waals surface area contributed by atoms with Gasteiger partial charge in [-0.2, -0.15) is 0 Å². The number of aromatic hydroxyl groups is 1. The van der Waals surface area contributed by atoms with E-state index in [9.17, 15) is 14.7 Å². The lowest BCUT2D eigenvalue weighted by molar-refractivity contribution is -0.123. The number of methoxy groups -OCH3 is 1. The van der Waals surface area contributed by atoms with Crippen molar-refractivity contribution in [3.63, 3.8) is 0 Å². The van der Waals surface area contributed by atoms with Crippen molar-refractivity contribution in [3.8, 4) is 11.5 Å². The lowest BCUT2D eigenvalue weighted by Gasteiger charge is -2.13. The van der Waals surface area contributed by atoms with Gasteiger partial charge in [0.25, 0.3) is 11.1 Å². The van der Waals surface area contributed by atoms with Crippen molar-refractivity contribution >= 4 is 83.4 Å². The largest absolute Gasteiger partial charge is 0.504 e. The van der Waals surface area contributed by atoms with Gasteiger partial charge in [-0.1, -0.05) is 12.1 Å². The summed E-state index contributed by atoms with van der Waals surface area (Å²) in [5.74, 6) is -0.250. The van der Waals surface area contributed by atoms with E-state index in [1.807, 2.05) is 24.3 Å². The fraction of sp³-hybridized carbons (Fsp3) is 0.111. The SMILES string of the molecule is COc1cc(Br)c(Br)c(/C=C2\SC(=O)N(Cc3ccc(I)cc3)C2=O)c1O. The quantitative estimate of drug-likeness (QED) is 0.346. The third-order valence-corrected chi connectivity index (χ3v) is 7.45. The number of benzene rings is 2. The molecule has 1 saturated heterocycles. The molecule has 0 atom stereocenters. The molecule has 0 aliphatic carbocycles. The number of rotatable bonds is 4. The summed E-state index contributed by atoms with van der Waals surface area (Å²) in [6, 6.07) is 9.23. The number of carbonyl (C=O) groups excluding carboxylic acids is 2. The van der Waals surface area contributed by atoms with Gasteiger partial charge in [-0.15, -0.1) is 0 Å². The molecule has 140 valence electrons.